The SMILES string of the molecule is CCC1SC(=S)N(CCCC(=O)Nc2ccccc2Cl)C1=O. The number of para-hydroxylation sites is 1. The zero-order valence-electron chi connectivity index (χ0n) is 12.2. The Morgan fingerprint density at radius 1 is 1.45 bits per heavy atom. The Morgan fingerprint density at radius 3 is 2.82 bits per heavy atom. The molecular formula is C15H17ClN2O2S2. The van der Waals surface area contributed by atoms with Crippen molar-refractivity contribution in [2.75, 3.05) is 11.9 Å². The first-order chi connectivity index (χ1) is 10.5. The van der Waals surface area contributed by atoms with Crippen molar-refractivity contribution in [2.45, 2.75) is 31.4 Å². The second-order valence-electron chi connectivity index (χ2n) is 4.90. The Hall–Kier alpha value is -1.11. The topological polar surface area (TPSA) is 49.4 Å². The van der Waals surface area contributed by atoms with Crippen LogP contribution in [0.5, 0.6) is 0 Å². The van der Waals surface area contributed by atoms with Crippen LogP contribution in [-0.4, -0.2) is 32.8 Å². The van der Waals surface area contributed by atoms with Crippen LogP contribution < -0.4 is 5.32 Å². The number of thiocarbonyl (C=S) groups is 1. The first-order valence-corrected chi connectivity index (χ1v) is 8.76. The fourth-order valence-corrected chi connectivity index (χ4v) is 3.79. The number of hydrogen-bond donors (Lipinski definition) is 1. The Labute approximate surface area is 144 Å². The van der Waals surface area contributed by atoms with E-state index in [1.807, 2.05) is 13.0 Å². The maximum absolute atomic E-state index is 12.1. The van der Waals surface area contributed by atoms with Crippen molar-refractivity contribution in [3.63, 3.8) is 0 Å². The van der Waals surface area contributed by atoms with Gasteiger partial charge in [-0.05, 0) is 25.0 Å². The summed E-state index contributed by atoms with van der Waals surface area (Å²) in [6, 6.07) is 7.09. The summed E-state index contributed by atoms with van der Waals surface area (Å²) in [4.78, 5) is 25.6. The molecule has 1 aliphatic heterocycles. The zero-order chi connectivity index (χ0) is 16.1. The van der Waals surface area contributed by atoms with Gasteiger partial charge in [0.2, 0.25) is 11.8 Å². The summed E-state index contributed by atoms with van der Waals surface area (Å²) in [6.07, 6.45) is 1.66. The van der Waals surface area contributed by atoms with E-state index in [1.165, 1.54) is 11.8 Å². The predicted molar refractivity (Wildman–Crippen MR) is 95.3 cm³/mol. The van der Waals surface area contributed by atoms with Crippen LogP contribution >= 0.6 is 35.6 Å². The minimum Gasteiger partial charge on any atom is -0.325 e. The molecule has 4 nitrogen and oxygen atoms in total. The van der Waals surface area contributed by atoms with E-state index in [1.54, 1.807) is 23.1 Å². The first kappa shape index (κ1) is 17.2. The van der Waals surface area contributed by atoms with Crippen LogP contribution in [-0.2, 0) is 9.59 Å². The van der Waals surface area contributed by atoms with Crippen LogP contribution in [0.4, 0.5) is 5.69 Å². The maximum Gasteiger partial charge on any atom is 0.241 e. The molecule has 1 heterocycles. The van der Waals surface area contributed by atoms with Gasteiger partial charge >= 0.3 is 0 Å². The van der Waals surface area contributed by atoms with E-state index in [0.717, 1.165) is 6.42 Å². The molecule has 1 unspecified atom stereocenters. The number of benzene rings is 1. The Balaban J connectivity index is 1.79. The summed E-state index contributed by atoms with van der Waals surface area (Å²) in [7, 11) is 0. The van der Waals surface area contributed by atoms with Gasteiger partial charge in [0.25, 0.3) is 0 Å². The van der Waals surface area contributed by atoms with Gasteiger partial charge in [-0.25, -0.2) is 0 Å². The molecule has 1 aliphatic rings. The Bertz CT molecular complexity index is 595. The molecule has 1 saturated heterocycles. The fraction of sp³-hybridized carbons (Fsp3) is 0.400. The summed E-state index contributed by atoms with van der Waals surface area (Å²) < 4.78 is 0.614. The molecular weight excluding hydrogens is 340 g/mol. The predicted octanol–water partition coefficient (Wildman–Crippen LogP) is 3.70. The maximum atomic E-state index is 12.1. The van der Waals surface area contributed by atoms with Gasteiger partial charge in [0.05, 0.1) is 16.0 Å². The minimum absolute atomic E-state index is 0.0593. The normalized spacial score (nSPS) is 17.9. The quantitative estimate of drug-likeness (QED) is 0.789. The van der Waals surface area contributed by atoms with Gasteiger partial charge in [0.1, 0.15) is 4.32 Å². The smallest absolute Gasteiger partial charge is 0.241 e. The number of rotatable bonds is 6. The third-order valence-electron chi connectivity index (χ3n) is 3.31. The van der Waals surface area contributed by atoms with Gasteiger partial charge in [0, 0.05) is 13.0 Å². The second-order valence-corrected chi connectivity index (χ2v) is 7.15. The van der Waals surface area contributed by atoms with E-state index < -0.39 is 0 Å². The molecule has 0 radical (unpaired) electrons. The van der Waals surface area contributed by atoms with Crippen molar-refractivity contribution in [1.82, 2.24) is 4.90 Å². The summed E-state index contributed by atoms with van der Waals surface area (Å²) in [5.41, 5.74) is 0.600. The van der Waals surface area contributed by atoms with Crippen molar-refractivity contribution in [2.24, 2.45) is 0 Å². The van der Waals surface area contributed by atoms with E-state index in [-0.39, 0.29) is 17.1 Å². The lowest BCUT2D eigenvalue weighted by Gasteiger charge is -2.15. The number of carbonyl (C=O) groups excluding carboxylic acids is 2. The van der Waals surface area contributed by atoms with Crippen molar-refractivity contribution in [1.29, 1.82) is 0 Å². The molecule has 7 heteroatoms. The highest BCUT2D eigenvalue weighted by atomic mass is 35.5. The molecule has 0 aromatic heterocycles. The average molecular weight is 357 g/mol. The highest BCUT2D eigenvalue weighted by Crippen LogP contribution is 2.29. The van der Waals surface area contributed by atoms with Crippen LogP contribution in [0.1, 0.15) is 26.2 Å². The van der Waals surface area contributed by atoms with E-state index in [0.29, 0.717) is 34.4 Å². The molecule has 0 bridgehead atoms. The van der Waals surface area contributed by atoms with Gasteiger partial charge in [0.15, 0.2) is 0 Å². The van der Waals surface area contributed by atoms with Crippen LogP contribution in [0.3, 0.4) is 0 Å². The lowest BCUT2D eigenvalue weighted by molar-refractivity contribution is -0.126. The van der Waals surface area contributed by atoms with Crippen LogP contribution in [0.2, 0.25) is 5.02 Å². The number of carbonyl (C=O) groups is 2. The summed E-state index contributed by atoms with van der Waals surface area (Å²) in [5.74, 6) is -0.0608. The summed E-state index contributed by atoms with van der Waals surface area (Å²) in [6.45, 7) is 2.45. The minimum atomic E-state index is -0.120. The van der Waals surface area contributed by atoms with E-state index in [4.69, 9.17) is 23.8 Å². The zero-order valence-corrected chi connectivity index (χ0v) is 14.6. The van der Waals surface area contributed by atoms with E-state index >= 15 is 0 Å². The van der Waals surface area contributed by atoms with Crippen molar-refractivity contribution >= 4 is 57.4 Å². The van der Waals surface area contributed by atoms with Crippen molar-refractivity contribution in [3.8, 4) is 0 Å². The van der Waals surface area contributed by atoms with Gasteiger partial charge < -0.3 is 5.32 Å². The molecule has 22 heavy (non-hydrogen) atoms. The number of amides is 2. The molecule has 118 valence electrons. The third kappa shape index (κ3) is 4.21. The summed E-state index contributed by atoms with van der Waals surface area (Å²) >= 11 is 12.6. The summed E-state index contributed by atoms with van der Waals surface area (Å²) in [5, 5.41) is 3.21. The van der Waals surface area contributed by atoms with Crippen LogP contribution in [0.15, 0.2) is 24.3 Å². The molecule has 1 aromatic carbocycles. The van der Waals surface area contributed by atoms with E-state index in [9.17, 15) is 9.59 Å². The molecule has 1 fully saturated rings. The molecule has 2 rings (SSSR count). The number of hydrogen-bond acceptors (Lipinski definition) is 4. The highest BCUT2D eigenvalue weighted by molar-refractivity contribution is 8.24. The third-order valence-corrected chi connectivity index (χ3v) is 5.39. The Kier molecular flexibility index (Phi) is 6.23. The molecule has 1 aromatic rings. The average Bonchev–Trinajstić information content (AvgIpc) is 2.77. The Morgan fingerprint density at radius 2 is 2.18 bits per heavy atom. The number of nitrogens with one attached hydrogen (secondary N) is 1. The number of thioether (sulfide) groups is 1. The van der Waals surface area contributed by atoms with Crippen LogP contribution in [0, 0.1) is 0 Å². The van der Waals surface area contributed by atoms with Gasteiger partial charge in [-0.1, -0.05) is 54.6 Å². The number of anilines is 1. The van der Waals surface area contributed by atoms with Crippen molar-refractivity contribution < 1.29 is 9.59 Å². The number of halogens is 1. The standard InChI is InChI=1S/C15H17ClN2O2S2/c1-2-12-14(20)18(15(21)22-12)9-5-8-13(19)17-11-7-4-3-6-10(11)16/h3-4,6-7,12H,2,5,8-9H2,1H3,(H,17,19). The molecule has 1 atom stereocenters. The number of nitrogens with zero attached hydrogens (tertiary/aromatic N) is 1. The van der Waals surface area contributed by atoms with Gasteiger partial charge in [-0.3, -0.25) is 14.5 Å². The van der Waals surface area contributed by atoms with Gasteiger partial charge in [-0.15, -0.1) is 0 Å². The molecule has 2 amide bonds. The molecule has 0 saturated carbocycles. The second kappa shape index (κ2) is 7.94. The fourth-order valence-electron chi connectivity index (χ4n) is 2.13. The first-order valence-electron chi connectivity index (χ1n) is 7.09. The molecule has 0 spiro atoms. The lowest BCUT2D eigenvalue weighted by Crippen LogP contribution is -2.32. The van der Waals surface area contributed by atoms with Crippen molar-refractivity contribution in [3.05, 3.63) is 29.3 Å². The van der Waals surface area contributed by atoms with Crippen LogP contribution in [0.25, 0.3) is 0 Å². The highest BCUT2D eigenvalue weighted by Gasteiger charge is 2.35. The largest absolute Gasteiger partial charge is 0.325 e. The van der Waals surface area contributed by atoms with Gasteiger partial charge in [-0.2, -0.15) is 0 Å². The monoisotopic (exact) mass is 356 g/mol. The molecule has 0 aliphatic carbocycles. The molecule has 1 N–H and O–H groups in total. The lowest BCUT2D eigenvalue weighted by atomic mass is 10.2. The van der Waals surface area contributed by atoms with E-state index in [2.05, 4.69) is 5.32 Å².